The summed E-state index contributed by atoms with van der Waals surface area (Å²) < 4.78 is 5.34. The number of thiophene rings is 2. The van der Waals surface area contributed by atoms with Crippen molar-refractivity contribution in [3.63, 3.8) is 0 Å². The van der Waals surface area contributed by atoms with E-state index in [-0.39, 0.29) is 5.41 Å². The van der Waals surface area contributed by atoms with Crippen molar-refractivity contribution in [3.05, 3.63) is 236 Å². The van der Waals surface area contributed by atoms with Crippen LogP contribution < -0.4 is 4.90 Å². The second-order valence-corrected chi connectivity index (χ2v) is 20.3. The summed E-state index contributed by atoms with van der Waals surface area (Å²) in [6.07, 6.45) is 0. The van der Waals surface area contributed by atoms with E-state index < -0.39 is 0 Å². The first-order valence-electron chi connectivity index (χ1n) is 22.7. The molecule has 12 aromatic rings. The minimum absolute atomic E-state index is 0.105. The number of fused-ring (bicyclic) bond motifs is 9. The monoisotopic (exact) mass is 877 g/mol. The molecule has 0 spiro atoms. The van der Waals surface area contributed by atoms with E-state index in [4.69, 9.17) is 0 Å². The molecule has 2 heterocycles. The van der Waals surface area contributed by atoms with Crippen LogP contribution in [0.15, 0.2) is 224 Å². The van der Waals surface area contributed by atoms with Crippen LogP contribution in [0.1, 0.15) is 25.0 Å². The van der Waals surface area contributed by atoms with Gasteiger partial charge in [0.25, 0.3) is 0 Å². The number of rotatable bonds is 7. The Labute approximate surface area is 393 Å². The summed E-state index contributed by atoms with van der Waals surface area (Å²) in [5.41, 5.74) is 18.4. The molecule has 3 heteroatoms. The van der Waals surface area contributed by atoms with E-state index in [0.29, 0.717) is 0 Å². The zero-order chi connectivity index (χ0) is 43.9. The van der Waals surface area contributed by atoms with Gasteiger partial charge in [0.05, 0.1) is 0 Å². The standard InChI is InChI=1S/C63H43NS2/c1-63(2)57-12-6-3-9-51(57)52-34-33-50(39-58(52)63)64(48-29-23-42(24-30-48)40-15-19-44(20-16-40)46-27-35-61-55(37-46)53-10-4-7-13-59(53)65-61)49-31-25-43(26-32-49)41-17-21-45(22-18-41)47-28-36-62-56(38-47)54-11-5-8-14-60(54)66-62/h3-39H,1-2H3. The molecule has 0 saturated carbocycles. The molecule has 0 fully saturated rings. The molecule has 0 amide bonds. The average Bonchev–Trinajstić information content (AvgIpc) is 4.01. The summed E-state index contributed by atoms with van der Waals surface area (Å²) >= 11 is 3.73. The van der Waals surface area contributed by atoms with Crippen molar-refractivity contribution in [1.82, 2.24) is 0 Å². The highest BCUT2D eigenvalue weighted by Crippen LogP contribution is 2.51. The third kappa shape index (κ3) is 6.42. The lowest BCUT2D eigenvalue weighted by Crippen LogP contribution is -2.16. The van der Waals surface area contributed by atoms with Crippen LogP contribution in [-0.2, 0) is 5.41 Å². The molecule has 1 aliphatic rings. The topological polar surface area (TPSA) is 3.24 Å². The van der Waals surface area contributed by atoms with Crippen LogP contribution in [0.2, 0.25) is 0 Å². The lowest BCUT2D eigenvalue weighted by molar-refractivity contribution is 0.660. The van der Waals surface area contributed by atoms with Gasteiger partial charge in [0.15, 0.2) is 0 Å². The molecule has 0 unspecified atom stereocenters. The smallest absolute Gasteiger partial charge is 0.0465 e. The SMILES string of the molecule is CC1(C)c2ccccc2-c2ccc(N(c3ccc(-c4ccc(-c5ccc6sc7ccccc7c6c5)cc4)cc3)c3ccc(-c4ccc(-c5ccc6sc7ccccc7c6c5)cc4)cc3)cc21. The fourth-order valence-corrected chi connectivity index (χ4v) is 12.6. The fraction of sp³-hybridized carbons (Fsp3) is 0.0476. The third-order valence-electron chi connectivity index (χ3n) is 13.9. The van der Waals surface area contributed by atoms with E-state index in [0.717, 1.165) is 17.1 Å². The van der Waals surface area contributed by atoms with Crippen molar-refractivity contribution in [2.45, 2.75) is 19.3 Å². The Morgan fingerprint density at radius 3 is 1.15 bits per heavy atom. The van der Waals surface area contributed by atoms with Crippen molar-refractivity contribution < 1.29 is 0 Å². The molecule has 1 aliphatic carbocycles. The molecule has 10 aromatic carbocycles. The van der Waals surface area contributed by atoms with Crippen LogP contribution in [0.5, 0.6) is 0 Å². The normalized spacial score (nSPS) is 12.8. The van der Waals surface area contributed by atoms with Crippen LogP contribution in [0.25, 0.3) is 96.0 Å². The Bertz CT molecular complexity index is 3610. The van der Waals surface area contributed by atoms with Crippen LogP contribution in [0.4, 0.5) is 17.1 Å². The van der Waals surface area contributed by atoms with Crippen LogP contribution in [0.3, 0.4) is 0 Å². The molecule has 0 radical (unpaired) electrons. The zero-order valence-corrected chi connectivity index (χ0v) is 38.3. The maximum absolute atomic E-state index is 2.42. The minimum atomic E-state index is -0.105. The molecule has 0 N–H and O–H groups in total. The quantitative estimate of drug-likeness (QED) is 0.154. The van der Waals surface area contributed by atoms with Gasteiger partial charge in [0, 0.05) is 62.8 Å². The lowest BCUT2D eigenvalue weighted by atomic mass is 9.82. The molecule has 312 valence electrons. The summed E-state index contributed by atoms with van der Waals surface area (Å²) in [5.74, 6) is 0. The van der Waals surface area contributed by atoms with Gasteiger partial charge in [-0.15, -0.1) is 22.7 Å². The Balaban J connectivity index is 0.821. The number of hydrogen-bond donors (Lipinski definition) is 0. The molecule has 0 saturated heterocycles. The largest absolute Gasteiger partial charge is 0.310 e. The first-order chi connectivity index (χ1) is 32.4. The summed E-state index contributed by atoms with van der Waals surface area (Å²) in [5, 5.41) is 5.32. The van der Waals surface area contributed by atoms with E-state index in [1.54, 1.807) is 0 Å². The van der Waals surface area contributed by atoms with Crippen molar-refractivity contribution in [1.29, 1.82) is 0 Å². The fourth-order valence-electron chi connectivity index (χ4n) is 10.4. The summed E-state index contributed by atoms with van der Waals surface area (Å²) in [7, 11) is 0. The van der Waals surface area contributed by atoms with Gasteiger partial charge in [-0.2, -0.15) is 0 Å². The number of anilines is 3. The number of benzene rings is 10. The van der Waals surface area contributed by atoms with E-state index in [2.05, 4.69) is 243 Å². The predicted molar refractivity (Wildman–Crippen MR) is 286 cm³/mol. The molecule has 0 bridgehead atoms. The highest BCUT2D eigenvalue weighted by Gasteiger charge is 2.35. The Hall–Kier alpha value is -7.56. The first-order valence-corrected chi connectivity index (χ1v) is 24.4. The summed E-state index contributed by atoms with van der Waals surface area (Å²) in [6, 6.07) is 83.3. The lowest BCUT2D eigenvalue weighted by Gasteiger charge is -2.28. The molecule has 13 rings (SSSR count). The van der Waals surface area contributed by atoms with Gasteiger partial charge in [0.1, 0.15) is 0 Å². The van der Waals surface area contributed by atoms with E-state index in [1.165, 1.54) is 107 Å². The summed E-state index contributed by atoms with van der Waals surface area (Å²) in [6.45, 7) is 4.72. The van der Waals surface area contributed by atoms with Gasteiger partial charge in [-0.05, 0) is 140 Å². The zero-order valence-electron chi connectivity index (χ0n) is 36.6. The molecule has 0 atom stereocenters. The Kier molecular flexibility index (Phi) is 8.99. The van der Waals surface area contributed by atoms with Crippen molar-refractivity contribution in [2.24, 2.45) is 0 Å². The second-order valence-electron chi connectivity index (χ2n) is 18.1. The first kappa shape index (κ1) is 38.9. The van der Waals surface area contributed by atoms with Gasteiger partial charge >= 0.3 is 0 Å². The van der Waals surface area contributed by atoms with Crippen molar-refractivity contribution in [3.8, 4) is 55.6 Å². The maximum atomic E-state index is 2.42. The predicted octanol–water partition coefficient (Wildman–Crippen LogP) is 18.9. The molecule has 2 aromatic heterocycles. The van der Waals surface area contributed by atoms with Crippen molar-refractivity contribution in [2.75, 3.05) is 4.90 Å². The van der Waals surface area contributed by atoms with Crippen LogP contribution >= 0.6 is 22.7 Å². The van der Waals surface area contributed by atoms with Gasteiger partial charge in [-0.25, -0.2) is 0 Å². The van der Waals surface area contributed by atoms with Gasteiger partial charge in [-0.3, -0.25) is 0 Å². The van der Waals surface area contributed by atoms with Gasteiger partial charge in [0.2, 0.25) is 0 Å². The third-order valence-corrected chi connectivity index (χ3v) is 16.2. The molecule has 0 aliphatic heterocycles. The highest BCUT2D eigenvalue weighted by atomic mass is 32.1. The van der Waals surface area contributed by atoms with E-state index in [1.807, 2.05) is 22.7 Å². The summed E-state index contributed by atoms with van der Waals surface area (Å²) in [4.78, 5) is 2.41. The Morgan fingerprint density at radius 2 is 0.652 bits per heavy atom. The van der Waals surface area contributed by atoms with Gasteiger partial charge in [-0.1, -0.05) is 166 Å². The van der Waals surface area contributed by atoms with Crippen LogP contribution in [-0.4, -0.2) is 0 Å². The average molecular weight is 878 g/mol. The van der Waals surface area contributed by atoms with Crippen LogP contribution in [0, 0.1) is 0 Å². The minimum Gasteiger partial charge on any atom is -0.310 e. The number of hydrogen-bond acceptors (Lipinski definition) is 3. The molecule has 1 nitrogen and oxygen atoms in total. The Morgan fingerprint density at radius 1 is 0.288 bits per heavy atom. The molecular formula is C63H43NS2. The molecule has 66 heavy (non-hydrogen) atoms. The number of nitrogens with zero attached hydrogens (tertiary/aromatic N) is 1. The molecular weight excluding hydrogens is 835 g/mol. The second kappa shape index (κ2) is 15.3. The van der Waals surface area contributed by atoms with E-state index >= 15 is 0 Å². The highest BCUT2D eigenvalue weighted by molar-refractivity contribution is 7.26. The van der Waals surface area contributed by atoms with Crippen molar-refractivity contribution >= 4 is 80.1 Å². The maximum Gasteiger partial charge on any atom is 0.0465 e. The van der Waals surface area contributed by atoms with Gasteiger partial charge < -0.3 is 4.90 Å². The van der Waals surface area contributed by atoms with E-state index in [9.17, 15) is 0 Å².